The van der Waals surface area contributed by atoms with Gasteiger partial charge in [-0.2, -0.15) is 0 Å². The van der Waals surface area contributed by atoms with Crippen molar-refractivity contribution < 1.29 is 18.7 Å². The van der Waals surface area contributed by atoms with Crippen LogP contribution in [0.15, 0.2) is 24.3 Å². The standard InChI is InChI=1S/C12H9F2NO2S/c1-6-9(12(16)17)15-11(18-6)8-4-2-3-7(5-8)10(13)14/h2-5,10H,1H3,(H,16,17). The number of rotatable bonds is 3. The number of carboxylic acid groups (broad SMARTS) is 1. The van der Waals surface area contributed by atoms with E-state index in [9.17, 15) is 13.6 Å². The van der Waals surface area contributed by atoms with Crippen molar-refractivity contribution in [2.75, 3.05) is 0 Å². The number of halogens is 2. The van der Waals surface area contributed by atoms with Gasteiger partial charge in [-0.3, -0.25) is 0 Å². The van der Waals surface area contributed by atoms with E-state index < -0.39 is 12.4 Å². The topological polar surface area (TPSA) is 50.2 Å². The van der Waals surface area contributed by atoms with Gasteiger partial charge in [0.15, 0.2) is 5.69 Å². The summed E-state index contributed by atoms with van der Waals surface area (Å²) in [6.45, 7) is 1.64. The lowest BCUT2D eigenvalue weighted by molar-refractivity contribution is 0.0690. The van der Waals surface area contributed by atoms with Gasteiger partial charge in [0.25, 0.3) is 6.43 Å². The molecule has 0 aliphatic rings. The minimum Gasteiger partial charge on any atom is -0.476 e. The number of aryl methyl sites for hydroxylation is 1. The quantitative estimate of drug-likeness (QED) is 0.923. The molecule has 3 nitrogen and oxygen atoms in total. The van der Waals surface area contributed by atoms with E-state index in [0.717, 1.165) is 0 Å². The van der Waals surface area contributed by atoms with Crippen molar-refractivity contribution in [1.82, 2.24) is 4.98 Å². The van der Waals surface area contributed by atoms with Gasteiger partial charge in [-0.05, 0) is 13.0 Å². The third kappa shape index (κ3) is 2.38. The van der Waals surface area contributed by atoms with Crippen LogP contribution >= 0.6 is 11.3 Å². The Morgan fingerprint density at radius 3 is 2.72 bits per heavy atom. The molecule has 0 saturated heterocycles. The highest BCUT2D eigenvalue weighted by Gasteiger charge is 2.16. The van der Waals surface area contributed by atoms with Gasteiger partial charge >= 0.3 is 5.97 Å². The van der Waals surface area contributed by atoms with Crippen LogP contribution in [0, 0.1) is 6.92 Å². The first-order valence-corrected chi connectivity index (χ1v) is 5.90. The zero-order valence-electron chi connectivity index (χ0n) is 9.35. The SMILES string of the molecule is Cc1sc(-c2cccc(C(F)F)c2)nc1C(=O)O. The van der Waals surface area contributed by atoms with Gasteiger partial charge in [-0.15, -0.1) is 11.3 Å². The Hall–Kier alpha value is -1.82. The van der Waals surface area contributed by atoms with Crippen LogP contribution in [0.1, 0.15) is 27.4 Å². The fourth-order valence-electron chi connectivity index (χ4n) is 1.53. The zero-order valence-corrected chi connectivity index (χ0v) is 10.2. The van der Waals surface area contributed by atoms with Gasteiger partial charge in [0.05, 0.1) is 0 Å². The van der Waals surface area contributed by atoms with E-state index in [1.54, 1.807) is 13.0 Å². The van der Waals surface area contributed by atoms with Crippen LogP contribution in [0.5, 0.6) is 0 Å². The number of carbonyl (C=O) groups is 1. The molecule has 1 aromatic carbocycles. The van der Waals surface area contributed by atoms with E-state index in [1.807, 2.05) is 0 Å². The molecule has 0 amide bonds. The number of carboxylic acids is 1. The van der Waals surface area contributed by atoms with E-state index >= 15 is 0 Å². The third-order valence-electron chi connectivity index (χ3n) is 2.38. The zero-order chi connectivity index (χ0) is 13.3. The molecule has 0 unspecified atom stereocenters. The Labute approximate surface area is 106 Å². The Balaban J connectivity index is 2.45. The molecule has 0 fully saturated rings. The fraction of sp³-hybridized carbons (Fsp3) is 0.167. The van der Waals surface area contributed by atoms with E-state index in [2.05, 4.69) is 4.98 Å². The van der Waals surface area contributed by atoms with Crippen LogP contribution < -0.4 is 0 Å². The molecule has 94 valence electrons. The van der Waals surface area contributed by atoms with Gasteiger partial charge in [-0.1, -0.05) is 18.2 Å². The Bertz CT molecular complexity index is 596. The predicted octanol–water partition coefficient (Wildman–Crippen LogP) is 3.75. The molecule has 0 aliphatic heterocycles. The van der Waals surface area contributed by atoms with Crippen LogP contribution in [-0.4, -0.2) is 16.1 Å². The molecule has 0 atom stereocenters. The average Bonchev–Trinajstić information content (AvgIpc) is 2.71. The molecule has 0 aliphatic carbocycles. The van der Waals surface area contributed by atoms with Crippen LogP contribution in [0.3, 0.4) is 0 Å². The van der Waals surface area contributed by atoms with Crippen molar-refractivity contribution in [3.8, 4) is 10.6 Å². The largest absolute Gasteiger partial charge is 0.476 e. The van der Waals surface area contributed by atoms with E-state index in [1.165, 1.54) is 29.5 Å². The number of thiazole rings is 1. The normalized spacial score (nSPS) is 10.9. The van der Waals surface area contributed by atoms with Crippen molar-refractivity contribution >= 4 is 17.3 Å². The first-order valence-electron chi connectivity index (χ1n) is 5.08. The third-order valence-corrected chi connectivity index (χ3v) is 3.40. The van der Waals surface area contributed by atoms with Crippen LogP contribution in [-0.2, 0) is 0 Å². The molecule has 6 heteroatoms. The van der Waals surface area contributed by atoms with Crippen LogP contribution in [0.4, 0.5) is 8.78 Å². The lowest BCUT2D eigenvalue weighted by Gasteiger charge is -2.01. The summed E-state index contributed by atoms with van der Waals surface area (Å²) in [7, 11) is 0. The van der Waals surface area contributed by atoms with Gasteiger partial charge in [-0.25, -0.2) is 18.6 Å². The Morgan fingerprint density at radius 1 is 1.44 bits per heavy atom. The summed E-state index contributed by atoms with van der Waals surface area (Å²) in [4.78, 5) is 15.4. The second kappa shape index (κ2) is 4.81. The van der Waals surface area contributed by atoms with Crippen molar-refractivity contribution in [2.24, 2.45) is 0 Å². The molecule has 18 heavy (non-hydrogen) atoms. The lowest BCUT2D eigenvalue weighted by atomic mass is 10.1. The molecule has 1 N–H and O–H groups in total. The summed E-state index contributed by atoms with van der Waals surface area (Å²) in [5.74, 6) is -1.11. The highest BCUT2D eigenvalue weighted by molar-refractivity contribution is 7.15. The van der Waals surface area contributed by atoms with Crippen LogP contribution in [0.25, 0.3) is 10.6 Å². The minimum atomic E-state index is -2.55. The summed E-state index contributed by atoms with van der Waals surface area (Å²) < 4.78 is 25.1. The summed E-state index contributed by atoms with van der Waals surface area (Å²) in [6.07, 6.45) is -2.55. The Morgan fingerprint density at radius 2 is 2.17 bits per heavy atom. The summed E-state index contributed by atoms with van der Waals surface area (Å²) in [5.41, 5.74) is 0.378. The molecule has 1 aromatic heterocycles. The first-order chi connectivity index (χ1) is 8.49. The molecule has 2 aromatic rings. The van der Waals surface area contributed by atoms with Crippen molar-refractivity contribution in [3.63, 3.8) is 0 Å². The van der Waals surface area contributed by atoms with Gasteiger partial charge in [0.1, 0.15) is 5.01 Å². The monoisotopic (exact) mass is 269 g/mol. The van der Waals surface area contributed by atoms with Crippen LogP contribution in [0.2, 0.25) is 0 Å². The minimum absolute atomic E-state index is 0.0301. The molecule has 0 saturated carbocycles. The number of benzene rings is 1. The summed E-state index contributed by atoms with van der Waals surface area (Å²) in [6, 6.07) is 5.80. The number of nitrogens with zero attached hydrogens (tertiary/aromatic N) is 1. The smallest absolute Gasteiger partial charge is 0.355 e. The van der Waals surface area contributed by atoms with E-state index in [-0.39, 0.29) is 11.3 Å². The molecule has 1 heterocycles. The lowest BCUT2D eigenvalue weighted by Crippen LogP contribution is -1.98. The van der Waals surface area contributed by atoms with Gasteiger partial charge in [0.2, 0.25) is 0 Å². The van der Waals surface area contributed by atoms with Gasteiger partial charge in [0, 0.05) is 16.0 Å². The highest BCUT2D eigenvalue weighted by atomic mass is 32.1. The molecule has 2 rings (SSSR count). The maximum Gasteiger partial charge on any atom is 0.355 e. The second-order valence-corrected chi connectivity index (χ2v) is 4.86. The first kappa shape index (κ1) is 12.6. The van der Waals surface area contributed by atoms with Crippen molar-refractivity contribution in [3.05, 3.63) is 40.4 Å². The highest BCUT2D eigenvalue weighted by Crippen LogP contribution is 2.30. The number of hydrogen-bond acceptors (Lipinski definition) is 3. The molecule has 0 bridgehead atoms. The Kier molecular flexibility index (Phi) is 3.38. The van der Waals surface area contributed by atoms with E-state index in [0.29, 0.717) is 15.4 Å². The second-order valence-electron chi connectivity index (χ2n) is 3.66. The predicted molar refractivity (Wildman–Crippen MR) is 64.2 cm³/mol. The number of hydrogen-bond donors (Lipinski definition) is 1. The summed E-state index contributed by atoms with van der Waals surface area (Å²) in [5, 5.41) is 9.33. The number of aromatic nitrogens is 1. The molecular weight excluding hydrogens is 260 g/mol. The molecule has 0 spiro atoms. The number of aromatic carboxylic acids is 1. The molecule has 0 radical (unpaired) electrons. The molecular formula is C12H9F2NO2S. The van der Waals surface area contributed by atoms with Gasteiger partial charge < -0.3 is 5.11 Å². The van der Waals surface area contributed by atoms with Crippen molar-refractivity contribution in [1.29, 1.82) is 0 Å². The summed E-state index contributed by atoms with van der Waals surface area (Å²) >= 11 is 1.18. The maximum absolute atomic E-state index is 12.6. The van der Waals surface area contributed by atoms with E-state index in [4.69, 9.17) is 5.11 Å². The fourth-order valence-corrected chi connectivity index (χ4v) is 2.43. The maximum atomic E-state index is 12.6. The number of alkyl halides is 2. The van der Waals surface area contributed by atoms with Crippen molar-refractivity contribution in [2.45, 2.75) is 13.3 Å². The average molecular weight is 269 g/mol.